The Kier molecular flexibility index (Phi) is 12.1. The van der Waals surface area contributed by atoms with Gasteiger partial charge in [-0.05, 0) is 70.9 Å². The number of hydrogen-bond donors (Lipinski definition) is 1. The van der Waals surface area contributed by atoms with Crippen LogP contribution < -0.4 is 15.0 Å². The molecule has 1 saturated heterocycles. The molecule has 0 unspecified atom stereocenters. The zero-order valence-electron chi connectivity index (χ0n) is 25.0. The number of anilines is 1. The van der Waals surface area contributed by atoms with Crippen LogP contribution in [0.2, 0.25) is 10.0 Å². The third-order valence-corrected chi connectivity index (χ3v) is 9.02. The molecule has 1 N–H and O–H groups in total. The summed E-state index contributed by atoms with van der Waals surface area (Å²) in [5.74, 6) is -0.343. The molecule has 1 aliphatic rings. The normalized spacial score (nSPS) is 13.0. The van der Waals surface area contributed by atoms with Crippen LogP contribution in [0.1, 0.15) is 27.2 Å². The summed E-state index contributed by atoms with van der Waals surface area (Å²) in [5.41, 5.74) is 3.68. The molecule has 242 valence electrons. The van der Waals surface area contributed by atoms with Gasteiger partial charge in [-0.1, -0.05) is 35.3 Å². The van der Waals surface area contributed by atoms with Crippen LogP contribution in [0.15, 0.2) is 65.4 Å². The minimum atomic E-state index is -0.448. The van der Waals surface area contributed by atoms with E-state index in [1.807, 2.05) is 23.6 Å². The number of halogens is 4. The summed E-state index contributed by atoms with van der Waals surface area (Å²) in [4.78, 5) is 45.7. The largest absolute Gasteiger partial charge is 0.485 e. The Morgan fingerprint density at radius 1 is 1.11 bits per heavy atom. The second-order valence-electron chi connectivity index (χ2n) is 10.2. The van der Waals surface area contributed by atoms with E-state index in [0.29, 0.717) is 59.5 Å². The Morgan fingerprint density at radius 3 is 2.54 bits per heavy atom. The van der Waals surface area contributed by atoms with E-state index < -0.39 is 5.91 Å². The van der Waals surface area contributed by atoms with Gasteiger partial charge in [0.1, 0.15) is 11.2 Å². The lowest BCUT2D eigenvalue weighted by Gasteiger charge is -2.26. The maximum atomic E-state index is 13.0. The number of imidazole rings is 1. The van der Waals surface area contributed by atoms with Gasteiger partial charge in [-0.25, -0.2) is 4.98 Å². The summed E-state index contributed by atoms with van der Waals surface area (Å²) in [6.07, 6.45) is 4.81. The number of fused-ring (bicyclic) bond motifs is 1. The summed E-state index contributed by atoms with van der Waals surface area (Å²) in [6.45, 7) is 3.87. The number of carbonyl (C=O) groups excluding carboxylic acids is 3. The lowest BCUT2D eigenvalue weighted by atomic mass is 10.1. The van der Waals surface area contributed by atoms with Crippen LogP contribution >= 0.6 is 51.5 Å². The van der Waals surface area contributed by atoms with Crippen LogP contribution in [0.3, 0.4) is 0 Å². The Hall–Kier alpha value is -3.61. The lowest BCUT2D eigenvalue weighted by molar-refractivity contribution is -0.122. The molecule has 0 radical (unpaired) electrons. The van der Waals surface area contributed by atoms with E-state index >= 15 is 0 Å². The van der Waals surface area contributed by atoms with Gasteiger partial charge < -0.3 is 24.6 Å². The molecule has 0 spiro atoms. The van der Waals surface area contributed by atoms with E-state index in [-0.39, 0.29) is 42.4 Å². The van der Waals surface area contributed by atoms with Crippen LogP contribution in [0.4, 0.5) is 5.69 Å². The van der Waals surface area contributed by atoms with E-state index in [1.165, 1.54) is 11.0 Å². The van der Waals surface area contributed by atoms with Gasteiger partial charge in [-0.3, -0.25) is 18.8 Å². The van der Waals surface area contributed by atoms with E-state index in [2.05, 4.69) is 26.2 Å². The van der Waals surface area contributed by atoms with Gasteiger partial charge in [0.15, 0.2) is 11.4 Å². The number of carbonyl (C=O) groups is 3. The number of amides is 3. The second kappa shape index (κ2) is 15.8. The van der Waals surface area contributed by atoms with Crippen LogP contribution in [0, 0.1) is 6.92 Å². The van der Waals surface area contributed by atoms with Gasteiger partial charge in [-0.15, -0.1) is 12.4 Å². The summed E-state index contributed by atoms with van der Waals surface area (Å²) in [7, 11) is 1.56. The summed E-state index contributed by atoms with van der Waals surface area (Å²) < 4.78 is 14.0. The van der Waals surface area contributed by atoms with Crippen LogP contribution in [0.5, 0.6) is 5.75 Å². The fraction of sp³-hybridized carbons (Fsp3) is 0.250. The highest BCUT2D eigenvalue weighted by Gasteiger charge is 2.20. The number of aromatic nitrogens is 2. The average molecular weight is 752 g/mol. The van der Waals surface area contributed by atoms with E-state index in [0.717, 1.165) is 15.9 Å². The zero-order valence-corrected chi connectivity index (χ0v) is 28.9. The van der Waals surface area contributed by atoms with E-state index in [1.54, 1.807) is 60.5 Å². The molecule has 3 amide bonds. The molecule has 3 heterocycles. The van der Waals surface area contributed by atoms with Gasteiger partial charge in [0.05, 0.1) is 36.2 Å². The van der Waals surface area contributed by atoms with Crippen molar-refractivity contribution in [1.82, 2.24) is 19.6 Å². The minimum absolute atomic E-state index is 0. The Bertz CT molecular complexity index is 1770. The first-order valence-corrected chi connectivity index (χ1v) is 15.6. The van der Waals surface area contributed by atoms with E-state index in [9.17, 15) is 14.4 Å². The fourth-order valence-electron chi connectivity index (χ4n) is 4.70. The van der Waals surface area contributed by atoms with Gasteiger partial charge in [0.25, 0.3) is 5.91 Å². The Labute approximate surface area is 290 Å². The molecule has 46 heavy (non-hydrogen) atoms. The number of likely N-dealkylation sites (N-methyl/N-ethyl adjacent to an activating group) is 1. The molecule has 0 atom stereocenters. The minimum Gasteiger partial charge on any atom is -0.485 e. The highest BCUT2D eigenvalue weighted by atomic mass is 79.9. The van der Waals surface area contributed by atoms with Gasteiger partial charge in [0.2, 0.25) is 11.8 Å². The predicted octanol–water partition coefficient (Wildman–Crippen LogP) is 5.98. The van der Waals surface area contributed by atoms with Crippen LogP contribution in [-0.2, 0) is 20.9 Å². The van der Waals surface area contributed by atoms with Gasteiger partial charge >= 0.3 is 0 Å². The number of ether oxygens (including phenoxy) is 2. The first-order valence-electron chi connectivity index (χ1n) is 14.1. The molecule has 0 aliphatic carbocycles. The highest BCUT2D eigenvalue weighted by Crippen LogP contribution is 2.35. The number of nitrogens with zero attached hydrogens (tertiary/aromatic N) is 4. The number of benzene rings is 2. The molecular formula is C32H31BrCl3N5O5. The second-order valence-corrected chi connectivity index (χ2v) is 11.8. The molecular weight excluding hydrogens is 721 g/mol. The maximum Gasteiger partial charge on any atom is 0.254 e. The molecule has 5 rings (SSSR count). The molecule has 2 aromatic carbocycles. The number of aryl methyl sites for hydroxylation is 1. The summed E-state index contributed by atoms with van der Waals surface area (Å²) >= 11 is 16.7. The molecule has 1 aliphatic heterocycles. The van der Waals surface area contributed by atoms with Crippen molar-refractivity contribution < 1.29 is 23.9 Å². The topological polar surface area (TPSA) is 105 Å². The fourth-order valence-corrected chi connectivity index (χ4v) is 5.68. The van der Waals surface area contributed by atoms with Crippen molar-refractivity contribution in [2.75, 3.05) is 44.8 Å². The van der Waals surface area contributed by atoms with Crippen molar-refractivity contribution in [3.05, 3.63) is 97.8 Å². The standard InChI is InChI=1S/C32H30BrCl2N5O5.ClH/c1-20-30(33)40-13-3-4-26(31(40)37-20)45-19-23-24(34)10-11-25(29(23)35)38(2)28(42)18-36-27(41)12-7-21-5-8-22(9-6-21)32(43)39-14-16-44-17-15-39;/h3-13H,14-19H2,1-2H3,(H,36,41);1H. The quantitative estimate of drug-likeness (QED) is 0.211. The van der Waals surface area contributed by atoms with Crippen molar-refractivity contribution in [3.8, 4) is 5.75 Å². The van der Waals surface area contributed by atoms with Gasteiger partial charge in [0, 0.05) is 48.6 Å². The molecule has 14 heteroatoms. The predicted molar refractivity (Wildman–Crippen MR) is 184 cm³/mol. The van der Waals surface area contributed by atoms with Crippen molar-refractivity contribution in [1.29, 1.82) is 0 Å². The molecule has 0 saturated carbocycles. The monoisotopic (exact) mass is 749 g/mol. The van der Waals surface area contributed by atoms with Crippen LogP contribution in [-0.4, -0.2) is 71.9 Å². The maximum absolute atomic E-state index is 13.0. The average Bonchev–Trinajstić information content (AvgIpc) is 3.35. The Balaban J connectivity index is 0.00000480. The highest BCUT2D eigenvalue weighted by molar-refractivity contribution is 9.10. The van der Waals surface area contributed by atoms with Crippen molar-refractivity contribution in [2.45, 2.75) is 13.5 Å². The first-order chi connectivity index (χ1) is 21.6. The van der Waals surface area contributed by atoms with Crippen LogP contribution in [0.25, 0.3) is 11.7 Å². The smallest absolute Gasteiger partial charge is 0.254 e. The SMILES string of the molecule is Cc1nc2c(OCc3c(Cl)ccc(N(C)C(=O)CNC(=O)C=Cc4ccc(C(=O)N5CCOCC5)cc4)c3Cl)cccn2c1Br.Cl. The number of nitrogens with one attached hydrogen (secondary N) is 1. The number of hydrogen-bond acceptors (Lipinski definition) is 6. The number of morpholine rings is 1. The first kappa shape index (κ1) is 35.2. The molecule has 1 fully saturated rings. The van der Waals surface area contributed by atoms with Crippen molar-refractivity contribution in [3.63, 3.8) is 0 Å². The number of rotatable bonds is 9. The third kappa shape index (κ3) is 8.02. The molecule has 2 aromatic heterocycles. The van der Waals surface area contributed by atoms with Crippen molar-refractivity contribution >= 4 is 86.7 Å². The van der Waals surface area contributed by atoms with Crippen molar-refractivity contribution in [2.24, 2.45) is 0 Å². The molecule has 4 aromatic rings. The summed E-state index contributed by atoms with van der Waals surface area (Å²) in [6, 6.07) is 13.9. The Morgan fingerprint density at radius 2 is 1.83 bits per heavy atom. The van der Waals surface area contributed by atoms with Gasteiger partial charge in [-0.2, -0.15) is 0 Å². The molecule has 0 bridgehead atoms. The summed E-state index contributed by atoms with van der Waals surface area (Å²) in [5, 5.41) is 3.24. The van der Waals surface area contributed by atoms with E-state index in [4.69, 9.17) is 32.7 Å². The molecule has 10 nitrogen and oxygen atoms in total. The zero-order chi connectivity index (χ0) is 32.1. The lowest BCUT2D eigenvalue weighted by Crippen LogP contribution is -2.40. The third-order valence-electron chi connectivity index (χ3n) is 7.29. The number of pyridine rings is 1.